The predicted molar refractivity (Wildman–Crippen MR) is 119 cm³/mol. The molecule has 0 N–H and O–H groups in total. The Morgan fingerprint density at radius 1 is 0.467 bits per heavy atom. The fourth-order valence-corrected chi connectivity index (χ4v) is 3.89. The molecule has 0 saturated carbocycles. The standard InChI is InChI=1S/C25H20.C2H2N2O/c1-5-13-21(14-6-1)25(22-15-7-2-8-16-22,23-17-9-3-10-18-23)24-19-11-4-12-20-24;1-2-5-4-3-1/h1-20H;1-2H. The summed E-state index contributed by atoms with van der Waals surface area (Å²) in [5.74, 6) is 0. The third-order valence-corrected chi connectivity index (χ3v) is 5.11. The number of rotatable bonds is 4. The molecule has 3 heteroatoms. The van der Waals surface area contributed by atoms with E-state index in [4.69, 9.17) is 0 Å². The number of hydrogen-bond donors (Lipinski definition) is 0. The average Bonchev–Trinajstić information content (AvgIpc) is 3.43. The summed E-state index contributed by atoms with van der Waals surface area (Å²) < 4.78 is 4.22. The van der Waals surface area contributed by atoms with Crippen LogP contribution in [0.2, 0.25) is 0 Å². The Labute approximate surface area is 176 Å². The van der Waals surface area contributed by atoms with E-state index < -0.39 is 0 Å². The lowest BCUT2D eigenvalue weighted by Crippen LogP contribution is -2.30. The van der Waals surface area contributed by atoms with Crippen LogP contribution in [0, 0.1) is 0 Å². The second-order valence-corrected chi connectivity index (χ2v) is 6.80. The van der Waals surface area contributed by atoms with E-state index in [0.29, 0.717) is 0 Å². The summed E-state index contributed by atoms with van der Waals surface area (Å²) in [6, 6.07) is 43.1. The minimum absolute atomic E-state index is 0.328. The summed E-state index contributed by atoms with van der Waals surface area (Å²) in [6.45, 7) is 0. The zero-order chi connectivity index (χ0) is 20.5. The largest absolute Gasteiger partial charge is 0.346 e. The minimum atomic E-state index is -0.328. The molecule has 3 nitrogen and oxygen atoms in total. The molecule has 0 aliphatic carbocycles. The number of aromatic nitrogens is 2. The highest BCUT2D eigenvalue weighted by atomic mass is 16.5. The Balaban J connectivity index is 0.000000383. The van der Waals surface area contributed by atoms with Gasteiger partial charge in [-0.25, -0.2) is 0 Å². The fraction of sp³-hybridized carbons (Fsp3) is 0.0370. The third-order valence-electron chi connectivity index (χ3n) is 5.11. The van der Waals surface area contributed by atoms with E-state index in [2.05, 4.69) is 136 Å². The van der Waals surface area contributed by atoms with Crippen LogP contribution < -0.4 is 0 Å². The van der Waals surface area contributed by atoms with Gasteiger partial charge in [0.15, 0.2) is 0 Å². The van der Waals surface area contributed by atoms with Crippen molar-refractivity contribution in [2.24, 2.45) is 0 Å². The van der Waals surface area contributed by atoms with Crippen molar-refractivity contribution in [1.29, 1.82) is 0 Å². The maximum Gasteiger partial charge on any atom is 0.144 e. The van der Waals surface area contributed by atoms with E-state index >= 15 is 0 Å². The van der Waals surface area contributed by atoms with Crippen molar-refractivity contribution in [2.75, 3.05) is 0 Å². The van der Waals surface area contributed by atoms with Crippen LogP contribution in [-0.4, -0.2) is 10.4 Å². The van der Waals surface area contributed by atoms with Gasteiger partial charge >= 0.3 is 0 Å². The fourth-order valence-electron chi connectivity index (χ4n) is 3.89. The molecule has 5 rings (SSSR count). The lowest BCUT2D eigenvalue weighted by Gasteiger charge is -2.36. The van der Waals surface area contributed by atoms with Gasteiger partial charge in [0.2, 0.25) is 0 Å². The molecule has 0 fully saturated rings. The Kier molecular flexibility index (Phi) is 6.11. The summed E-state index contributed by atoms with van der Waals surface area (Å²) in [7, 11) is 0. The first kappa shape index (κ1) is 19.3. The van der Waals surface area contributed by atoms with Crippen LogP contribution in [0.5, 0.6) is 0 Å². The van der Waals surface area contributed by atoms with E-state index in [1.54, 1.807) is 0 Å². The van der Waals surface area contributed by atoms with Gasteiger partial charge in [-0.2, -0.15) is 0 Å². The molecule has 0 amide bonds. The average molecular weight is 390 g/mol. The van der Waals surface area contributed by atoms with Crippen molar-refractivity contribution < 1.29 is 4.52 Å². The van der Waals surface area contributed by atoms with E-state index in [0.717, 1.165) is 0 Å². The van der Waals surface area contributed by atoms with Crippen LogP contribution in [0.4, 0.5) is 0 Å². The highest BCUT2D eigenvalue weighted by molar-refractivity contribution is 5.59. The topological polar surface area (TPSA) is 38.9 Å². The summed E-state index contributed by atoms with van der Waals surface area (Å²) in [5.41, 5.74) is 4.78. The van der Waals surface area contributed by atoms with Gasteiger partial charge in [0, 0.05) is 5.27 Å². The lowest BCUT2D eigenvalue weighted by molar-refractivity contribution is 0.393. The van der Waals surface area contributed by atoms with Gasteiger partial charge in [-0.3, -0.25) is 0 Å². The first-order valence-electron chi connectivity index (χ1n) is 9.85. The summed E-state index contributed by atoms with van der Waals surface area (Å²) >= 11 is 0. The molecule has 1 heterocycles. The summed E-state index contributed by atoms with van der Waals surface area (Å²) in [6.07, 6.45) is 2.88. The molecule has 0 spiro atoms. The third kappa shape index (κ3) is 3.91. The van der Waals surface area contributed by atoms with Crippen LogP contribution in [0.25, 0.3) is 0 Å². The van der Waals surface area contributed by atoms with Gasteiger partial charge in [-0.1, -0.05) is 121 Å². The maximum absolute atomic E-state index is 4.22. The van der Waals surface area contributed by atoms with Gasteiger partial charge in [-0.05, 0) is 22.3 Å². The van der Waals surface area contributed by atoms with Crippen molar-refractivity contribution in [3.63, 3.8) is 0 Å². The molecule has 0 radical (unpaired) electrons. The van der Waals surface area contributed by atoms with Crippen LogP contribution in [0.1, 0.15) is 22.3 Å². The molecular weight excluding hydrogens is 368 g/mol. The molecule has 30 heavy (non-hydrogen) atoms. The van der Waals surface area contributed by atoms with Crippen LogP contribution in [0.15, 0.2) is 138 Å². The SMILES string of the molecule is c1ccc(C(c2ccccc2)(c2ccccc2)c2ccccc2)cc1.c1conn1. The highest BCUT2D eigenvalue weighted by Gasteiger charge is 2.37. The van der Waals surface area contributed by atoms with Crippen molar-refractivity contribution in [3.8, 4) is 0 Å². The second kappa shape index (κ2) is 9.48. The molecule has 0 bridgehead atoms. The Morgan fingerprint density at radius 3 is 1.00 bits per heavy atom. The molecule has 0 unspecified atom stereocenters. The van der Waals surface area contributed by atoms with Gasteiger partial charge in [0.1, 0.15) is 6.26 Å². The van der Waals surface area contributed by atoms with Crippen molar-refractivity contribution in [3.05, 3.63) is 156 Å². The molecule has 0 saturated heterocycles. The van der Waals surface area contributed by atoms with E-state index in [1.807, 2.05) is 0 Å². The molecule has 5 aromatic rings. The van der Waals surface area contributed by atoms with Crippen LogP contribution >= 0.6 is 0 Å². The van der Waals surface area contributed by atoms with Crippen molar-refractivity contribution in [2.45, 2.75) is 5.41 Å². The Hall–Kier alpha value is -3.98. The summed E-state index contributed by atoms with van der Waals surface area (Å²) in [4.78, 5) is 0. The number of hydrogen-bond acceptors (Lipinski definition) is 3. The molecule has 0 aliphatic heterocycles. The Morgan fingerprint density at radius 2 is 0.800 bits per heavy atom. The molecule has 0 atom stereocenters. The predicted octanol–water partition coefficient (Wildman–Crippen LogP) is 6.14. The van der Waals surface area contributed by atoms with Gasteiger partial charge in [0.05, 0.1) is 11.6 Å². The van der Waals surface area contributed by atoms with Crippen molar-refractivity contribution >= 4 is 0 Å². The van der Waals surface area contributed by atoms with Gasteiger partial charge in [-0.15, -0.1) is 5.10 Å². The van der Waals surface area contributed by atoms with Gasteiger partial charge < -0.3 is 4.52 Å². The smallest absolute Gasteiger partial charge is 0.144 e. The lowest BCUT2D eigenvalue weighted by atomic mass is 9.65. The normalized spacial score (nSPS) is 10.7. The quantitative estimate of drug-likeness (QED) is 0.346. The highest BCUT2D eigenvalue weighted by Crippen LogP contribution is 2.44. The minimum Gasteiger partial charge on any atom is -0.346 e. The zero-order valence-electron chi connectivity index (χ0n) is 16.5. The van der Waals surface area contributed by atoms with E-state index in [-0.39, 0.29) is 5.41 Å². The van der Waals surface area contributed by atoms with E-state index in [1.165, 1.54) is 34.7 Å². The maximum atomic E-state index is 4.22. The van der Waals surface area contributed by atoms with Crippen LogP contribution in [0.3, 0.4) is 0 Å². The first-order valence-corrected chi connectivity index (χ1v) is 9.85. The molecule has 146 valence electrons. The molecule has 4 aromatic carbocycles. The first-order chi connectivity index (χ1) is 14.9. The van der Waals surface area contributed by atoms with Gasteiger partial charge in [0.25, 0.3) is 0 Å². The number of nitrogens with zero attached hydrogens (tertiary/aromatic N) is 2. The van der Waals surface area contributed by atoms with Crippen LogP contribution in [-0.2, 0) is 5.41 Å². The van der Waals surface area contributed by atoms with E-state index in [9.17, 15) is 0 Å². The number of benzene rings is 4. The summed E-state index contributed by atoms with van der Waals surface area (Å²) in [5, 5.41) is 6.40. The zero-order valence-corrected chi connectivity index (χ0v) is 16.5. The molecule has 0 aliphatic rings. The molecular formula is C27H22N2O. The second-order valence-electron chi connectivity index (χ2n) is 6.80. The molecule has 1 aromatic heterocycles. The van der Waals surface area contributed by atoms with Crippen molar-refractivity contribution in [1.82, 2.24) is 10.4 Å². The monoisotopic (exact) mass is 390 g/mol. The Bertz CT molecular complexity index is 930.